The van der Waals surface area contributed by atoms with E-state index in [2.05, 4.69) is 5.32 Å². The largest absolute Gasteiger partial charge is 0.481 e. The fourth-order valence-electron chi connectivity index (χ4n) is 2.64. The summed E-state index contributed by atoms with van der Waals surface area (Å²) in [5.41, 5.74) is -0.0294. The first kappa shape index (κ1) is 14.5. The van der Waals surface area contributed by atoms with Crippen molar-refractivity contribution in [1.82, 2.24) is 5.32 Å². The number of carbonyl (C=O) groups is 2. The van der Waals surface area contributed by atoms with Crippen molar-refractivity contribution in [3.8, 4) is 0 Å². The molecule has 0 spiro atoms. The van der Waals surface area contributed by atoms with E-state index < -0.39 is 17.4 Å². The van der Waals surface area contributed by atoms with Gasteiger partial charge in [0.25, 0.3) is 0 Å². The Morgan fingerprint density at radius 1 is 1.45 bits per heavy atom. The molecule has 5 heteroatoms. The number of nitrogens with one attached hydrogen (secondary N) is 1. The quantitative estimate of drug-likeness (QED) is 0.868. The maximum atomic E-state index is 13.3. The molecule has 0 heterocycles. The number of aliphatic carboxylic acids is 1. The number of carboxylic acids is 1. The highest BCUT2D eigenvalue weighted by atomic mass is 19.1. The molecule has 0 radical (unpaired) electrons. The van der Waals surface area contributed by atoms with Crippen LogP contribution in [0, 0.1) is 5.82 Å². The van der Waals surface area contributed by atoms with Crippen molar-refractivity contribution < 1.29 is 19.1 Å². The summed E-state index contributed by atoms with van der Waals surface area (Å²) in [7, 11) is 0. The molecule has 1 fully saturated rings. The normalized spacial score (nSPS) is 17.9. The lowest BCUT2D eigenvalue weighted by Gasteiger charge is -2.41. The van der Waals surface area contributed by atoms with Crippen LogP contribution in [0.25, 0.3) is 0 Å². The summed E-state index contributed by atoms with van der Waals surface area (Å²) in [6.07, 6.45) is 2.13. The molecular weight excluding hydrogens is 261 g/mol. The van der Waals surface area contributed by atoms with E-state index in [4.69, 9.17) is 5.11 Å². The maximum absolute atomic E-state index is 13.3. The van der Waals surface area contributed by atoms with Gasteiger partial charge in [-0.2, -0.15) is 0 Å². The molecule has 0 saturated heterocycles. The van der Waals surface area contributed by atoms with Gasteiger partial charge in [0.1, 0.15) is 5.82 Å². The van der Waals surface area contributed by atoms with Crippen LogP contribution in [0.3, 0.4) is 0 Å². The van der Waals surface area contributed by atoms with E-state index in [1.165, 1.54) is 12.1 Å². The molecule has 0 aromatic heterocycles. The van der Waals surface area contributed by atoms with Crippen molar-refractivity contribution >= 4 is 11.9 Å². The SMILES string of the molecule is CC(CC(=O)O)NC(=O)C1(c2cccc(F)c2)CCC1. The smallest absolute Gasteiger partial charge is 0.305 e. The summed E-state index contributed by atoms with van der Waals surface area (Å²) in [4.78, 5) is 23.1. The molecular formula is C15H18FNO3. The molecule has 2 rings (SSSR count). The molecule has 1 unspecified atom stereocenters. The highest BCUT2D eigenvalue weighted by Crippen LogP contribution is 2.44. The Balaban J connectivity index is 2.15. The Bertz CT molecular complexity index is 526. The topological polar surface area (TPSA) is 66.4 Å². The minimum Gasteiger partial charge on any atom is -0.481 e. The third-order valence-corrected chi connectivity index (χ3v) is 3.88. The van der Waals surface area contributed by atoms with Crippen LogP contribution >= 0.6 is 0 Å². The van der Waals surface area contributed by atoms with Gasteiger partial charge in [-0.15, -0.1) is 0 Å². The summed E-state index contributed by atoms with van der Waals surface area (Å²) in [5.74, 6) is -1.52. The molecule has 0 bridgehead atoms. The number of hydrogen-bond acceptors (Lipinski definition) is 2. The maximum Gasteiger partial charge on any atom is 0.305 e. The minimum atomic E-state index is -0.953. The van der Waals surface area contributed by atoms with Crippen LogP contribution in [-0.4, -0.2) is 23.0 Å². The van der Waals surface area contributed by atoms with E-state index in [1.807, 2.05) is 0 Å². The first-order valence-electron chi connectivity index (χ1n) is 6.73. The van der Waals surface area contributed by atoms with E-state index in [1.54, 1.807) is 19.1 Å². The summed E-state index contributed by atoms with van der Waals surface area (Å²) in [6.45, 7) is 1.66. The lowest BCUT2D eigenvalue weighted by Crippen LogP contribution is -2.51. The molecule has 20 heavy (non-hydrogen) atoms. The number of carboxylic acid groups (broad SMARTS) is 1. The fraction of sp³-hybridized carbons (Fsp3) is 0.467. The van der Waals surface area contributed by atoms with Gasteiger partial charge in [0.2, 0.25) is 5.91 Å². The van der Waals surface area contributed by atoms with Gasteiger partial charge < -0.3 is 10.4 Å². The number of benzene rings is 1. The van der Waals surface area contributed by atoms with Crippen molar-refractivity contribution in [2.75, 3.05) is 0 Å². The first-order chi connectivity index (χ1) is 9.44. The average molecular weight is 279 g/mol. The van der Waals surface area contributed by atoms with Crippen LogP contribution in [0.4, 0.5) is 4.39 Å². The Morgan fingerprint density at radius 2 is 2.15 bits per heavy atom. The van der Waals surface area contributed by atoms with Gasteiger partial charge in [-0.05, 0) is 37.5 Å². The highest BCUT2D eigenvalue weighted by Gasteiger charge is 2.46. The highest BCUT2D eigenvalue weighted by molar-refractivity contribution is 5.89. The summed E-state index contributed by atoms with van der Waals surface area (Å²) in [5, 5.41) is 11.5. The zero-order valence-electron chi connectivity index (χ0n) is 11.4. The number of carbonyl (C=O) groups excluding carboxylic acids is 1. The summed E-state index contributed by atoms with van der Waals surface area (Å²) >= 11 is 0. The Hall–Kier alpha value is -1.91. The van der Waals surface area contributed by atoms with E-state index >= 15 is 0 Å². The molecule has 1 amide bonds. The van der Waals surface area contributed by atoms with Crippen LogP contribution in [0.2, 0.25) is 0 Å². The van der Waals surface area contributed by atoms with Gasteiger partial charge in [0.05, 0.1) is 11.8 Å². The van der Waals surface area contributed by atoms with E-state index in [0.29, 0.717) is 18.4 Å². The Morgan fingerprint density at radius 3 is 2.65 bits per heavy atom. The predicted molar refractivity (Wildman–Crippen MR) is 71.8 cm³/mol. The molecule has 4 nitrogen and oxygen atoms in total. The summed E-state index contributed by atoms with van der Waals surface area (Å²) < 4.78 is 13.3. The number of rotatable bonds is 5. The van der Waals surface area contributed by atoms with Crippen LogP contribution < -0.4 is 5.32 Å². The van der Waals surface area contributed by atoms with E-state index in [-0.39, 0.29) is 18.1 Å². The lowest BCUT2D eigenvalue weighted by atomic mass is 9.63. The van der Waals surface area contributed by atoms with E-state index in [9.17, 15) is 14.0 Å². The van der Waals surface area contributed by atoms with Crippen LogP contribution in [-0.2, 0) is 15.0 Å². The van der Waals surface area contributed by atoms with Crippen LogP contribution in [0.5, 0.6) is 0 Å². The summed E-state index contributed by atoms with van der Waals surface area (Å²) in [6, 6.07) is 5.65. The Labute approximate surface area is 117 Å². The molecule has 1 saturated carbocycles. The molecule has 1 aromatic carbocycles. The number of hydrogen-bond donors (Lipinski definition) is 2. The van der Waals surface area contributed by atoms with Gasteiger partial charge in [-0.3, -0.25) is 9.59 Å². The molecule has 108 valence electrons. The molecule has 1 aliphatic carbocycles. The molecule has 0 aliphatic heterocycles. The van der Waals surface area contributed by atoms with Crippen molar-refractivity contribution in [3.05, 3.63) is 35.6 Å². The Kier molecular flexibility index (Phi) is 4.06. The second-order valence-corrected chi connectivity index (χ2v) is 5.42. The average Bonchev–Trinajstić information content (AvgIpc) is 2.25. The van der Waals surface area contributed by atoms with Crippen LogP contribution in [0.1, 0.15) is 38.2 Å². The lowest BCUT2D eigenvalue weighted by molar-refractivity contribution is -0.138. The van der Waals surface area contributed by atoms with E-state index in [0.717, 1.165) is 6.42 Å². The zero-order chi connectivity index (χ0) is 14.8. The number of halogens is 1. The standard InChI is InChI=1S/C15H18FNO3/c1-10(8-13(18)19)17-14(20)15(6-3-7-15)11-4-2-5-12(16)9-11/h2,4-5,9-10H,3,6-8H2,1H3,(H,17,20)(H,18,19). The molecule has 1 atom stereocenters. The van der Waals surface area contributed by atoms with Crippen molar-refractivity contribution in [1.29, 1.82) is 0 Å². The predicted octanol–water partition coefficient (Wildman–Crippen LogP) is 2.23. The van der Waals surface area contributed by atoms with Crippen LogP contribution in [0.15, 0.2) is 24.3 Å². The van der Waals surface area contributed by atoms with Gasteiger partial charge in [-0.25, -0.2) is 4.39 Å². The monoisotopic (exact) mass is 279 g/mol. The number of amides is 1. The van der Waals surface area contributed by atoms with Gasteiger partial charge in [0, 0.05) is 6.04 Å². The zero-order valence-corrected chi connectivity index (χ0v) is 11.4. The van der Waals surface area contributed by atoms with Gasteiger partial charge >= 0.3 is 5.97 Å². The second kappa shape index (κ2) is 5.61. The van der Waals surface area contributed by atoms with Gasteiger partial charge in [-0.1, -0.05) is 18.6 Å². The first-order valence-corrected chi connectivity index (χ1v) is 6.73. The third kappa shape index (κ3) is 2.81. The molecule has 1 aromatic rings. The van der Waals surface area contributed by atoms with Crippen molar-refractivity contribution in [2.24, 2.45) is 0 Å². The minimum absolute atomic E-state index is 0.120. The van der Waals surface area contributed by atoms with Crippen molar-refractivity contribution in [3.63, 3.8) is 0 Å². The molecule has 2 N–H and O–H groups in total. The van der Waals surface area contributed by atoms with Crippen molar-refractivity contribution in [2.45, 2.75) is 44.1 Å². The third-order valence-electron chi connectivity index (χ3n) is 3.88. The molecule has 1 aliphatic rings. The fourth-order valence-corrected chi connectivity index (χ4v) is 2.64. The second-order valence-electron chi connectivity index (χ2n) is 5.42. The van der Waals surface area contributed by atoms with Gasteiger partial charge in [0.15, 0.2) is 0 Å².